The number of hydrogen-bond acceptors (Lipinski definition) is 4. The molecule has 0 aliphatic heterocycles. The molecule has 0 radical (unpaired) electrons. The molecule has 0 spiro atoms. The number of benzene rings is 1. The lowest BCUT2D eigenvalue weighted by molar-refractivity contribution is 0.418. The Kier molecular flexibility index (Phi) is 4.08. The number of nitrogens with zero attached hydrogens (tertiary/aromatic N) is 2. The van der Waals surface area contributed by atoms with E-state index >= 15 is 0 Å². The van der Waals surface area contributed by atoms with Crippen LogP contribution in [-0.2, 0) is 6.42 Å². The maximum absolute atomic E-state index is 6.36. The van der Waals surface area contributed by atoms with Crippen molar-refractivity contribution in [2.45, 2.75) is 19.8 Å². The van der Waals surface area contributed by atoms with Gasteiger partial charge in [0.1, 0.15) is 15.8 Å². The summed E-state index contributed by atoms with van der Waals surface area (Å²) in [5.74, 6) is 1.39. The van der Waals surface area contributed by atoms with Crippen molar-refractivity contribution in [2.75, 3.05) is 7.11 Å². The largest absolute Gasteiger partial charge is 0.495 e. The lowest BCUT2D eigenvalue weighted by atomic mass is 10.1. The van der Waals surface area contributed by atoms with Crippen molar-refractivity contribution < 1.29 is 4.74 Å². The molecule has 21 heavy (non-hydrogen) atoms. The Hall–Kier alpha value is -1.65. The van der Waals surface area contributed by atoms with Gasteiger partial charge in [0.15, 0.2) is 5.82 Å². The number of rotatable bonds is 4. The second-order valence-corrected chi connectivity index (χ2v) is 6.03. The Morgan fingerprint density at radius 3 is 2.86 bits per heavy atom. The predicted molar refractivity (Wildman–Crippen MR) is 88.4 cm³/mol. The van der Waals surface area contributed by atoms with Crippen LogP contribution in [0.1, 0.15) is 18.9 Å². The number of halogens is 1. The lowest BCUT2D eigenvalue weighted by Crippen LogP contribution is -1.93. The van der Waals surface area contributed by atoms with Gasteiger partial charge in [-0.3, -0.25) is 0 Å². The number of aromatic nitrogens is 2. The lowest BCUT2D eigenvalue weighted by Gasteiger charge is -2.07. The van der Waals surface area contributed by atoms with Gasteiger partial charge in [0.2, 0.25) is 0 Å². The zero-order chi connectivity index (χ0) is 14.8. The SMILES string of the molecule is CCCc1ccc2nc(-c3sccc3OC)nc(Cl)c2c1. The van der Waals surface area contributed by atoms with E-state index in [1.165, 1.54) is 5.56 Å². The molecule has 0 saturated carbocycles. The molecule has 0 fully saturated rings. The van der Waals surface area contributed by atoms with E-state index in [4.69, 9.17) is 16.3 Å². The van der Waals surface area contributed by atoms with Gasteiger partial charge in [-0.1, -0.05) is 31.0 Å². The fourth-order valence-electron chi connectivity index (χ4n) is 2.31. The van der Waals surface area contributed by atoms with E-state index in [2.05, 4.69) is 29.0 Å². The second kappa shape index (κ2) is 6.00. The fourth-order valence-corrected chi connectivity index (χ4v) is 3.33. The minimum Gasteiger partial charge on any atom is -0.495 e. The molecule has 0 aliphatic carbocycles. The molecule has 0 aliphatic rings. The minimum absolute atomic E-state index is 0.489. The highest BCUT2D eigenvalue weighted by atomic mass is 35.5. The van der Waals surface area contributed by atoms with Crippen LogP contribution in [0.25, 0.3) is 21.6 Å². The van der Waals surface area contributed by atoms with Crippen LogP contribution in [-0.4, -0.2) is 17.1 Å². The molecule has 0 atom stereocenters. The van der Waals surface area contributed by atoms with Crippen LogP contribution in [0.2, 0.25) is 5.15 Å². The first-order chi connectivity index (χ1) is 10.2. The Morgan fingerprint density at radius 2 is 2.10 bits per heavy atom. The number of ether oxygens (including phenoxy) is 1. The Morgan fingerprint density at radius 1 is 1.24 bits per heavy atom. The van der Waals surface area contributed by atoms with E-state index in [-0.39, 0.29) is 0 Å². The topological polar surface area (TPSA) is 35.0 Å². The van der Waals surface area contributed by atoms with Crippen molar-refractivity contribution in [1.29, 1.82) is 0 Å². The van der Waals surface area contributed by atoms with Crippen LogP contribution in [0.3, 0.4) is 0 Å². The summed E-state index contributed by atoms with van der Waals surface area (Å²) in [6, 6.07) is 8.10. The van der Waals surface area contributed by atoms with Gasteiger partial charge in [0.05, 0.1) is 12.6 Å². The van der Waals surface area contributed by atoms with Crippen LogP contribution in [0.15, 0.2) is 29.6 Å². The minimum atomic E-state index is 0.489. The molecule has 5 heteroatoms. The van der Waals surface area contributed by atoms with Gasteiger partial charge >= 0.3 is 0 Å². The molecular weight excluding hydrogens is 304 g/mol. The molecule has 1 aromatic carbocycles. The molecule has 3 aromatic rings. The standard InChI is InChI=1S/C16H15ClN2OS/c1-3-4-10-5-6-12-11(9-10)15(17)19-16(18-12)14-13(20-2)7-8-21-14/h5-9H,3-4H2,1-2H3. The van der Waals surface area contributed by atoms with E-state index in [1.807, 2.05) is 17.5 Å². The molecule has 0 N–H and O–H groups in total. The van der Waals surface area contributed by atoms with Crippen molar-refractivity contribution in [2.24, 2.45) is 0 Å². The third-order valence-electron chi connectivity index (χ3n) is 3.30. The van der Waals surface area contributed by atoms with Crippen LogP contribution >= 0.6 is 22.9 Å². The summed E-state index contributed by atoms with van der Waals surface area (Å²) in [4.78, 5) is 9.96. The fraction of sp³-hybridized carbons (Fsp3) is 0.250. The van der Waals surface area contributed by atoms with Crippen LogP contribution in [0.4, 0.5) is 0 Å². The van der Waals surface area contributed by atoms with Gasteiger partial charge in [0.25, 0.3) is 0 Å². The quantitative estimate of drug-likeness (QED) is 0.637. The third-order valence-corrected chi connectivity index (χ3v) is 4.48. The van der Waals surface area contributed by atoms with Crippen LogP contribution in [0.5, 0.6) is 5.75 Å². The molecule has 3 rings (SSSR count). The summed E-state index contributed by atoms with van der Waals surface area (Å²) in [7, 11) is 1.64. The zero-order valence-electron chi connectivity index (χ0n) is 11.9. The van der Waals surface area contributed by atoms with Gasteiger partial charge < -0.3 is 4.74 Å². The molecule has 2 heterocycles. The first-order valence-electron chi connectivity index (χ1n) is 6.81. The van der Waals surface area contributed by atoms with E-state index in [9.17, 15) is 0 Å². The molecule has 0 unspecified atom stereocenters. The van der Waals surface area contributed by atoms with Gasteiger partial charge in [0, 0.05) is 5.39 Å². The second-order valence-electron chi connectivity index (χ2n) is 4.76. The highest BCUT2D eigenvalue weighted by Gasteiger charge is 2.13. The Bertz CT molecular complexity index is 785. The van der Waals surface area contributed by atoms with Crippen molar-refractivity contribution >= 4 is 33.8 Å². The normalized spacial score (nSPS) is 11.0. The van der Waals surface area contributed by atoms with Crippen molar-refractivity contribution in [3.63, 3.8) is 0 Å². The third kappa shape index (κ3) is 2.74. The first kappa shape index (κ1) is 14.3. The van der Waals surface area contributed by atoms with E-state index in [0.29, 0.717) is 11.0 Å². The van der Waals surface area contributed by atoms with Crippen LogP contribution in [0, 0.1) is 0 Å². The van der Waals surface area contributed by atoms with Crippen LogP contribution < -0.4 is 4.74 Å². The maximum Gasteiger partial charge on any atom is 0.175 e. The van der Waals surface area contributed by atoms with Gasteiger partial charge in [-0.05, 0) is 35.6 Å². The van der Waals surface area contributed by atoms with Gasteiger partial charge in [-0.2, -0.15) is 0 Å². The number of thiophene rings is 1. The molecule has 3 nitrogen and oxygen atoms in total. The molecule has 0 saturated heterocycles. The average Bonchev–Trinajstić information content (AvgIpc) is 2.96. The van der Waals surface area contributed by atoms with E-state index in [0.717, 1.165) is 34.4 Å². The van der Waals surface area contributed by atoms with Crippen molar-refractivity contribution in [3.8, 4) is 16.5 Å². The zero-order valence-corrected chi connectivity index (χ0v) is 13.5. The summed E-state index contributed by atoms with van der Waals surface area (Å²) in [6.45, 7) is 2.16. The summed E-state index contributed by atoms with van der Waals surface area (Å²) >= 11 is 7.91. The highest BCUT2D eigenvalue weighted by Crippen LogP contribution is 2.35. The van der Waals surface area contributed by atoms with Crippen molar-refractivity contribution in [3.05, 3.63) is 40.4 Å². The summed E-state index contributed by atoms with van der Waals surface area (Å²) in [5.41, 5.74) is 2.12. The first-order valence-corrected chi connectivity index (χ1v) is 8.06. The molecule has 0 amide bonds. The molecule has 2 aromatic heterocycles. The number of fused-ring (bicyclic) bond motifs is 1. The highest BCUT2D eigenvalue weighted by molar-refractivity contribution is 7.13. The van der Waals surface area contributed by atoms with Gasteiger partial charge in [-0.15, -0.1) is 11.3 Å². The van der Waals surface area contributed by atoms with E-state index in [1.54, 1.807) is 18.4 Å². The molecular formula is C16H15ClN2OS. The number of aryl methyl sites for hydroxylation is 1. The van der Waals surface area contributed by atoms with Crippen molar-refractivity contribution in [1.82, 2.24) is 9.97 Å². The summed E-state index contributed by atoms with van der Waals surface area (Å²) in [6.07, 6.45) is 2.14. The Balaban J connectivity index is 2.13. The van der Waals surface area contributed by atoms with Gasteiger partial charge in [-0.25, -0.2) is 9.97 Å². The maximum atomic E-state index is 6.36. The summed E-state index contributed by atoms with van der Waals surface area (Å²) < 4.78 is 5.33. The number of methoxy groups -OCH3 is 1. The Labute approximate surface area is 132 Å². The smallest absolute Gasteiger partial charge is 0.175 e. The van der Waals surface area contributed by atoms with E-state index < -0.39 is 0 Å². The monoisotopic (exact) mass is 318 g/mol. The summed E-state index contributed by atoms with van der Waals surface area (Å²) in [5, 5.41) is 3.35. The predicted octanol–water partition coefficient (Wildman–Crippen LogP) is 4.97. The average molecular weight is 319 g/mol. The molecule has 0 bridgehead atoms. The molecule has 108 valence electrons. The number of hydrogen-bond donors (Lipinski definition) is 0.